The van der Waals surface area contributed by atoms with Crippen molar-refractivity contribution in [2.24, 2.45) is 0 Å². The highest BCUT2D eigenvalue weighted by molar-refractivity contribution is 5.96. The van der Waals surface area contributed by atoms with E-state index in [0.29, 0.717) is 6.42 Å². The SMILES string of the molecule is Cc1cc(C)cc(CN2CCC3(CC2)CN(C(=O)CCc2ccccc2)c2ccc(C)cc23)c1. The highest BCUT2D eigenvalue weighted by Gasteiger charge is 2.46. The number of anilines is 1. The summed E-state index contributed by atoms with van der Waals surface area (Å²) in [4.78, 5) is 18.1. The number of hydrogen-bond acceptors (Lipinski definition) is 2. The summed E-state index contributed by atoms with van der Waals surface area (Å²) in [7, 11) is 0. The van der Waals surface area contributed by atoms with E-state index in [1.54, 1.807) is 0 Å². The second-order valence-electron chi connectivity index (χ2n) is 10.5. The summed E-state index contributed by atoms with van der Waals surface area (Å²) in [5, 5.41) is 0. The minimum absolute atomic E-state index is 0.0861. The monoisotopic (exact) mass is 452 g/mol. The van der Waals surface area contributed by atoms with Crippen LogP contribution in [0.5, 0.6) is 0 Å². The van der Waals surface area contributed by atoms with Crippen LogP contribution in [-0.4, -0.2) is 30.4 Å². The van der Waals surface area contributed by atoms with Gasteiger partial charge in [0.05, 0.1) is 0 Å². The van der Waals surface area contributed by atoms with Gasteiger partial charge in [-0.2, -0.15) is 0 Å². The van der Waals surface area contributed by atoms with Gasteiger partial charge in [0.1, 0.15) is 0 Å². The molecule has 0 saturated carbocycles. The number of likely N-dealkylation sites (tertiary alicyclic amines) is 1. The van der Waals surface area contributed by atoms with Crippen LogP contribution in [0.3, 0.4) is 0 Å². The Morgan fingerprint density at radius 2 is 1.53 bits per heavy atom. The molecule has 0 unspecified atom stereocenters. The van der Waals surface area contributed by atoms with E-state index in [0.717, 1.165) is 51.1 Å². The number of piperidine rings is 1. The minimum Gasteiger partial charge on any atom is -0.311 e. The molecule has 0 atom stereocenters. The molecule has 0 bridgehead atoms. The lowest BCUT2D eigenvalue weighted by molar-refractivity contribution is -0.118. The molecule has 0 aromatic heterocycles. The minimum atomic E-state index is 0.0861. The van der Waals surface area contributed by atoms with Gasteiger partial charge in [0.2, 0.25) is 5.91 Å². The molecule has 34 heavy (non-hydrogen) atoms. The maximum Gasteiger partial charge on any atom is 0.227 e. The third-order valence-electron chi connectivity index (χ3n) is 7.75. The molecular formula is C31H36N2O. The zero-order valence-electron chi connectivity index (χ0n) is 20.8. The first-order valence-electron chi connectivity index (χ1n) is 12.7. The molecule has 3 nitrogen and oxygen atoms in total. The van der Waals surface area contributed by atoms with E-state index in [-0.39, 0.29) is 11.3 Å². The first-order chi connectivity index (χ1) is 16.4. The lowest BCUT2D eigenvalue weighted by Crippen LogP contribution is -2.45. The molecule has 3 aromatic carbocycles. The predicted octanol–water partition coefficient (Wildman–Crippen LogP) is 6.13. The maximum atomic E-state index is 13.4. The largest absolute Gasteiger partial charge is 0.311 e. The molecule has 0 N–H and O–H groups in total. The molecule has 2 heterocycles. The third kappa shape index (κ3) is 4.67. The Labute approximate surface area is 204 Å². The summed E-state index contributed by atoms with van der Waals surface area (Å²) >= 11 is 0. The van der Waals surface area contributed by atoms with Crippen molar-refractivity contribution in [2.45, 2.75) is 58.4 Å². The van der Waals surface area contributed by atoms with Crippen molar-refractivity contribution in [2.75, 3.05) is 24.5 Å². The van der Waals surface area contributed by atoms with Gasteiger partial charge in [-0.1, -0.05) is 77.4 Å². The summed E-state index contributed by atoms with van der Waals surface area (Å²) in [6.45, 7) is 10.5. The van der Waals surface area contributed by atoms with Crippen LogP contribution < -0.4 is 4.90 Å². The molecule has 176 valence electrons. The van der Waals surface area contributed by atoms with E-state index in [2.05, 4.69) is 91.2 Å². The van der Waals surface area contributed by atoms with E-state index in [9.17, 15) is 4.79 Å². The summed E-state index contributed by atoms with van der Waals surface area (Å²) in [5.41, 5.74) is 9.24. The third-order valence-corrected chi connectivity index (χ3v) is 7.75. The van der Waals surface area contributed by atoms with Crippen molar-refractivity contribution in [3.63, 3.8) is 0 Å². The standard InChI is InChI=1S/C31H36N2O/c1-23-9-11-29-28(20-23)31(22-33(29)30(34)12-10-26-7-5-4-6-8-26)13-15-32(16-14-31)21-27-18-24(2)17-25(3)19-27/h4-9,11,17-20H,10,12-16,21-22H2,1-3H3. The molecule has 1 fully saturated rings. The van der Waals surface area contributed by atoms with Gasteiger partial charge in [0.25, 0.3) is 0 Å². The molecule has 1 spiro atoms. The fraction of sp³-hybridized carbons (Fsp3) is 0.387. The van der Waals surface area contributed by atoms with Crippen molar-refractivity contribution in [3.8, 4) is 0 Å². The highest BCUT2D eigenvalue weighted by atomic mass is 16.2. The molecule has 2 aliphatic heterocycles. The summed E-state index contributed by atoms with van der Waals surface area (Å²) in [6, 6.07) is 23.9. The van der Waals surface area contributed by atoms with Gasteiger partial charge in [-0.15, -0.1) is 0 Å². The van der Waals surface area contributed by atoms with Gasteiger partial charge in [-0.05, 0) is 75.9 Å². The van der Waals surface area contributed by atoms with E-state index < -0.39 is 0 Å². The summed E-state index contributed by atoms with van der Waals surface area (Å²) in [6.07, 6.45) is 3.58. The molecule has 3 aromatic rings. The summed E-state index contributed by atoms with van der Waals surface area (Å²) in [5.74, 6) is 0.253. The number of fused-ring (bicyclic) bond motifs is 2. The lowest BCUT2D eigenvalue weighted by Gasteiger charge is -2.40. The van der Waals surface area contributed by atoms with Crippen LogP contribution in [-0.2, 0) is 23.2 Å². The highest BCUT2D eigenvalue weighted by Crippen LogP contribution is 2.47. The second kappa shape index (κ2) is 9.38. The zero-order valence-corrected chi connectivity index (χ0v) is 20.8. The number of carbonyl (C=O) groups excluding carboxylic acids is 1. The Morgan fingerprint density at radius 1 is 0.824 bits per heavy atom. The van der Waals surface area contributed by atoms with Crippen LogP contribution in [0.15, 0.2) is 66.7 Å². The van der Waals surface area contributed by atoms with Crippen LogP contribution in [0.1, 0.15) is 52.6 Å². The van der Waals surface area contributed by atoms with Gasteiger partial charge in [-0.3, -0.25) is 9.69 Å². The fourth-order valence-electron chi connectivity index (χ4n) is 6.02. The maximum absolute atomic E-state index is 13.4. The number of aryl methyl sites for hydroxylation is 4. The Hall–Kier alpha value is -2.91. The first-order valence-corrected chi connectivity index (χ1v) is 12.7. The van der Waals surface area contributed by atoms with Crippen LogP contribution in [0.2, 0.25) is 0 Å². The Bertz CT molecular complexity index is 1160. The van der Waals surface area contributed by atoms with Crippen molar-refractivity contribution in [1.29, 1.82) is 0 Å². The average molecular weight is 453 g/mol. The molecule has 0 aliphatic carbocycles. The number of benzene rings is 3. The van der Waals surface area contributed by atoms with E-state index >= 15 is 0 Å². The van der Waals surface area contributed by atoms with Crippen molar-refractivity contribution >= 4 is 11.6 Å². The first kappa shape index (κ1) is 22.9. The second-order valence-corrected chi connectivity index (χ2v) is 10.5. The van der Waals surface area contributed by atoms with Gasteiger partial charge in [0, 0.05) is 30.6 Å². The molecule has 3 heteroatoms. The summed E-state index contributed by atoms with van der Waals surface area (Å²) < 4.78 is 0. The number of rotatable bonds is 5. The van der Waals surface area contributed by atoms with Gasteiger partial charge in [-0.25, -0.2) is 0 Å². The van der Waals surface area contributed by atoms with Crippen LogP contribution in [0.25, 0.3) is 0 Å². The number of amides is 1. The normalized spacial score (nSPS) is 17.2. The number of carbonyl (C=O) groups is 1. The van der Waals surface area contributed by atoms with E-state index in [1.807, 2.05) is 6.07 Å². The topological polar surface area (TPSA) is 23.6 Å². The Balaban J connectivity index is 1.30. The van der Waals surface area contributed by atoms with Crippen molar-refractivity contribution in [3.05, 3.63) is 100 Å². The average Bonchev–Trinajstić information content (AvgIpc) is 3.12. The van der Waals surface area contributed by atoms with E-state index in [4.69, 9.17) is 0 Å². The zero-order chi connectivity index (χ0) is 23.7. The lowest BCUT2D eigenvalue weighted by atomic mass is 9.74. The molecule has 2 aliphatic rings. The van der Waals surface area contributed by atoms with Crippen molar-refractivity contribution in [1.82, 2.24) is 4.90 Å². The number of hydrogen-bond donors (Lipinski definition) is 0. The van der Waals surface area contributed by atoms with Gasteiger partial charge >= 0.3 is 0 Å². The molecular weight excluding hydrogens is 416 g/mol. The molecule has 1 saturated heterocycles. The smallest absolute Gasteiger partial charge is 0.227 e. The Kier molecular flexibility index (Phi) is 6.31. The predicted molar refractivity (Wildman–Crippen MR) is 140 cm³/mol. The van der Waals surface area contributed by atoms with Gasteiger partial charge < -0.3 is 4.90 Å². The molecule has 5 rings (SSSR count). The van der Waals surface area contributed by atoms with Crippen LogP contribution in [0, 0.1) is 20.8 Å². The van der Waals surface area contributed by atoms with Crippen molar-refractivity contribution < 1.29 is 4.79 Å². The quantitative estimate of drug-likeness (QED) is 0.465. The fourth-order valence-corrected chi connectivity index (χ4v) is 6.02. The van der Waals surface area contributed by atoms with Crippen LogP contribution in [0.4, 0.5) is 5.69 Å². The Morgan fingerprint density at radius 3 is 2.24 bits per heavy atom. The van der Waals surface area contributed by atoms with Crippen LogP contribution >= 0.6 is 0 Å². The van der Waals surface area contributed by atoms with Gasteiger partial charge in [0.15, 0.2) is 0 Å². The van der Waals surface area contributed by atoms with E-state index in [1.165, 1.54) is 33.4 Å². The number of nitrogens with zero attached hydrogens (tertiary/aromatic N) is 2. The molecule has 1 amide bonds. The molecule has 0 radical (unpaired) electrons.